The van der Waals surface area contributed by atoms with Crippen LogP contribution in [0.15, 0.2) is 48.6 Å². The Kier molecular flexibility index (Phi) is 35.6. The van der Waals surface area contributed by atoms with Gasteiger partial charge >= 0.3 is 25.7 Å². The molecule has 54 heavy (non-hydrogen) atoms. The largest absolute Gasteiger partial charge is 0.480 e. The third-order valence-electron chi connectivity index (χ3n) is 8.58. The Morgan fingerprint density at radius 1 is 0.648 bits per heavy atom. The van der Waals surface area contributed by atoms with Gasteiger partial charge in [-0.3, -0.25) is 23.4 Å². The number of nitrogens with two attached hydrogens (primary N) is 1. The van der Waals surface area contributed by atoms with Crippen molar-refractivity contribution in [1.82, 2.24) is 0 Å². The van der Waals surface area contributed by atoms with Gasteiger partial charge in [0.2, 0.25) is 0 Å². The van der Waals surface area contributed by atoms with Crippen LogP contribution in [-0.4, -0.2) is 59.9 Å². The number of hydrogen-bond donors (Lipinski definition) is 3. The fourth-order valence-corrected chi connectivity index (χ4v) is 6.07. The Bertz CT molecular complexity index is 1110. The van der Waals surface area contributed by atoms with E-state index in [-0.39, 0.29) is 19.4 Å². The van der Waals surface area contributed by atoms with Gasteiger partial charge in [0.25, 0.3) is 0 Å². The van der Waals surface area contributed by atoms with E-state index in [9.17, 15) is 23.8 Å². The summed E-state index contributed by atoms with van der Waals surface area (Å²) >= 11 is 0. The van der Waals surface area contributed by atoms with Crippen LogP contribution >= 0.6 is 7.82 Å². The predicted octanol–water partition coefficient (Wildman–Crippen LogP) is 10.6. The van der Waals surface area contributed by atoms with Gasteiger partial charge in [-0.15, -0.1) is 0 Å². The number of phosphoric ester groups is 1. The Morgan fingerprint density at radius 2 is 1.09 bits per heavy atom. The molecule has 1 unspecified atom stereocenters. The number of carboxylic acid groups (broad SMARTS) is 1. The van der Waals surface area contributed by atoms with Gasteiger partial charge in [0.15, 0.2) is 6.10 Å². The summed E-state index contributed by atoms with van der Waals surface area (Å²) in [6, 6.07) is -1.53. The van der Waals surface area contributed by atoms with Gasteiger partial charge in [0.05, 0.1) is 13.2 Å². The van der Waals surface area contributed by atoms with Crippen molar-refractivity contribution in [3.05, 3.63) is 48.6 Å². The van der Waals surface area contributed by atoms with Crippen molar-refractivity contribution in [2.24, 2.45) is 5.73 Å². The SMILES string of the molecule is CCCCC/C=C\C/C=C\C/C=C\C/C=C\CCC[14C](=O)O[C@H](COC(=O)CCCCCCCCCCCCCCC)COP(=O)(O)OC[C@H](N)C(=O)O. The predicted molar refractivity (Wildman–Crippen MR) is 217 cm³/mol. The maximum atomic E-state index is 12.6. The van der Waals surface area contributed by atoms with Crippen molar-refractivity contribution in [3.63, 3.8) is 0 Å². The molecule has 0 saturated carbocycles. The van der Waals surface area contributed by atoms with Gasteiger partial charge in [-0.1, -0.05) is 152 Å². The van der Waals surface area contributed by atoms with Crippen LogP contribution in [0.3, 0.4) is 0 Å². The van der Waals surface area contributed by atoms with E-state index in [1.165, 1.54) is 77.0 Å². The molecule has 0 bridgehead atoms. The van der Waals surface area contributed by atoms with Crippen LogP contribution in [0.25, 0.3) is 0 Å². The number of carbonyl (C=O) groups is 3. The minimum absolute atomic E-state index is 0.0855. The summed E-state index contributed by atoms with van der Waals surface area (Å²) in [6.07, 6.45) is 40.4. The Morgan fingerprint density at radius 3 is 1.61 bits per heavy atom. The summed E-state index contributed by atoms with van der Waals surface area (Å²) in [6.45, 7) is 2.71. The summed E-state index contributed by atoms with van der Waals surface area (Å²) in [5.74, 6) is -2.45. The molecule has 0 rings (SSSR count). The average Bonchev–Trinajstić information content (AvgIpc) is 3.14. The maximum absolute atomic E-state index is 12.6. The van der Waals surface area contributed by atoms with Crippen molar-refractivity contribution in [1.29, 1.82) is 0 Å². The van der Waals surface area contributed by atoms with E-state index in [0.717, 1.165) is 44.9 Å². The first kappa shape index (κ1) is 51.4. The average molecular weight is 786 g/mol. The van der Waals surface area contributed by atoms with Gasteiger partial charge in [0, 0.05) is 12.8 Å². The van der Waals surface area contributed by atoms with E-state index < -0.39 is 51.1 Å². The molecule has 0 aromatic carbocycles. The second-order valence-electron chi connectivity index (χ2n) is 13.8. The van der Waals surface area contributed by atoms with E-state index in [1.807, 2.05) is 12.2 Å². The molecule has 0 aromatic rings. The number of rotatable bonds is 38. The molecule has 0 aliphatic carbocycles. The maximum Gasteiger partial charge on any atom is 0.472 e. The first-order valence-electron chi connectivity index (χ1n) is 20.7. The minimum atomic E-state index is -4.73. The Balaban J connectivity index is 4.50. The lowest BCUT2D eigenvalue weighted by Crippen LogP contribution is -2.34. The molecular formula is C42H74NO10P. The first-order chi connectivity index (χ1) is 26.1. The number of carbonyl (C=O) groups excluding carboxylic acids is 2. The third-order valence-corrected chi connectivity index (χ3v) is 9.53. The smallest absolute Gasteiger partial charge is 0.472 e. The lowest BCUT2D eigenvalue weighted by Gasteiger charge is -2.20. The molecule has 0 saturated heterocycles. The molecule has 0 heterocycles. The quantitative estimate of drug-likeness (QED) is 0.0235. The van der Waals surface area contributed by atoms with Gasteiger partial charge in [-0.2, -0.15) is 0 Å². The molecule has 0 aliphatic rings. The lowest BCUT2D eigenvalue weighted by atomic mass is 10.0. The molecular weight excluding hydrogens is 711 g/mol. The Hall–Kier alpha value is -2.56. The molecule has 0 amide bonds. The molecule has 0 aliphatic heterocycles. The van der Waals surface area contributed by atoms with Crippen LogP contribution < -0.4 is 5.73 Å². The van der Waals surface area contributed by atoms with E-state index in [2.05, 4.69) is 54.8 Å². The highest BCUT2D eigenvalue weighted by Gasteiger charge is 2.28. The molecule has 0 aromatic heterocycles. The normalized spacial score (nSPS) is 14.3. The number of aliphatic carboxylic acids is 1. The van der Waals surface area contributed by atoms with Crippen molar-refractivity contribution in [3.8, 4) is 0 Å². The van der Waals surface area contributed by atoms with E-state index in [4.69, 9.17) is 24.8 Å². The first-order valence-corrected chi connectivity index (χ1v) is 22.2. The summed E-state index contributed by atoms with van der Waals surface area (Å²) in [7, 11) is -4.73. The number of hydrogen-bond acceptors (Lipinski definition) is 9. The summed E-state index contributed by atoms with van der Waals surface area (Å²) in [5.41, 5.74) is 5.32. The van der Waals surface area contributed by atoms with Crippen molar-refractivity contribution in [2.45, 2.75) is 180 Å². The summed E-state index contributed by atoms with van der Waals surface area (Å²) in [5, 5.41) is 8.87. The fraction of sp³-hybridized carbons (Fsp3) is 0.738. The topological polar surface area (TPSA) is 172 Å². The second-order valence-corrected chi connectivity index (χ2v) is 15.2. The molecule has 0 radical (unpaired) electrons. The standard InChI is InChI=1S/C42H74NO10P/c1-3-5-7-9-11-13-15-17-18-19-20-22-24-26-28-30-32-34-41(45)53-38(36-51-54(48,49)52-37-39(43)42(46)47)35-50-40(44)33-31-29-27-25-23-21-16-14-12-10-8-6-4-2/h11,13,17-18,20,22,26,28,38-39H,3-10,12,14-16,19,21,23-25,27,29-37,43H2,1-2H3,(H,46,47)(H,48,49)/b13-11-,18-17-,22-20-,28-26-/t38-,39+/m1/s1/i41+2. The molecule has 0 spiro atoms. The number of carboxylic acids is 1. The van der Waals surface area contributed by atoms with Crippen LogP contribution in [0.4, 0.5) is 0 Å². The minimum Gasteiger partial charge on any atom is -0.480 e. The van der Waals surface area contributed by atoms with Crippen LogP contribution in [0.2, 0.25) is 0 Å². The summed E-state index contributed by atoms with van der Waals surface area (Å²) in [4.78, 5) is 45.8. The second kappa shape index (κ2) is 37.4. The summed E-state index contributed by atoms with van der Waals surface area (Å²) < 4.78 is 32.6. The van der Waals surface area contributed by atoms with Crippen molar-refractivity contribution < 1.29 is 47.5 Å². The van der Waals surface area contributed by atoms with E-state index in [0.29, 0.717) is 19.3 Å². The van der Waals surface area contributed by atoms with Gasteiger partial charge < -0.3 is 25.2 Å². The van der Waals surface area contributed by atoms with Crippen molar-refractivity contribution >= 4 is 25.7 Å². The highest BCUT2D eigenvalue weighted by Crippen LogP contribution is 2.43. The van der Waals surface area contributed by atoms with Crippen LogP contribution in [0, 0.1) is 0 Å². The highest BCUT2D eigenvalue weighted by atomic mass is 31.2. The fourth-order valence-electron chi connectivity index (χ4n) is 5.29. The molecule has 0 fully saturated rings. The van der Waals surface area contributed by atoms with Gasteiger partial charge in [-0.05, 0) is 51.4 Å². The number of allylic oxidation sites excluding steroid dienone is 8. The van der Waals surface area contributed by atoms with E-state index in [1.54, 1.807) is 0 Å². The van der Waals surface area contributed by atoms with Gasteiger partial charge in [-0.25, -0.2) is 4.57 Å². The number of esters is 2. The Labute approximate surface area is 326 Å². The van der Waals surface area contributed by atoms with Crippen LogP contribution in [-0.2, 0) is 37.5 Å². The third kappa shape index (κ3) is 36.4. The number of unbranched alkanes of at least 4 members (excludes halogenated alkanes) is 16. The zero-order valence-electron chi connectivity index (χ0n) is 33.6. The molecule has 12 heteroatoms. The van der Waals surface area contributed by atoms with E-state index >= 15 is 0 Å². The van der Waals surface area contributed by atoms with Crippen molar-refractivity contribution in [2.75, 3.05) is 19.8 Å². The highest BCUT2D eigenvalue weighted by molar-refractivity contribution is 7.47. The number of ether oxygens (including phenoxy) is 2. The zero-order chi connectivity index (χ0) is 40.0. The molecule has 11 nitrogen and oxygen atoms in total. The molecule has 312 valence electrons. The molecule has 4 N–H and O–H groups in total. The molecule has 3 atom stereocenters. The lowest BCUT2D eigenvalue weighted by molar-refractivity contribution is -0.161. The number of phosphoric acid groups is 1. The van der Waals surface area contributed by atoms with Crippen LogP contribution in [0.5, 0.6) is 0 Å². The van der Waals surface area contributed by atoms with Gasteiger partial charge in [0.1, 0.15) is 12.6 Å². The zero-order valence-corrected chi connectivity index (χ0v) is 34.4. The monoisotopic (exact) mass is 786 g/mol. The van der Waals surface area contributed by atoms with Crippen LogP contribution in [0.1, 0.15) is 168 Å².